The Morgan fingerprint density at radius 2 is 2.00 bits per heavy atom. The van der Waals surface area contributed by atoms with Gasteiger partial charge >= 0.3 is 5.69 Å². The molecule has 0 fully saturated rings. The number of para-hydroxylation sites is 1. The van der Waals surface area contributed by atoms with Crippen LogP contribution in [0.2, 0.25) is 0 Å². The summed E-state index contributed by atoms with van der Waals surface area (Å²) in [5.74, 6) is 0.743. The fourth-order valence-corrected chi connectivity index (χ4v) is 2.88. The van der Waals surface area contributed by atoms with E-state index in [-0.39, 0.29) is 0 Å². The highest BCUT2D eigenvalue weighted by Crippen LogP contribution is 2.30. The van der Waals surface area contributed by atoms with Gasteiger partial charge in [-0.25, -0.2) is 4.79 Å². The lowest BCUT2D eigenvalue weighted by molar-refractivity contribution is 0.318. The Bertz CT molecular complexity index is 1110. The average molecular weight is 346 g/mol. The predicted octanol–water partition coefficient (Wildman–Crippen LogP) is 3.77. The van der Waals surface area contributed by atoms with Crippen LogP contribution in [-0.2, 0) is 0 Å². The van der Waals surface area contributed by atoms with Crippen molar-refractivity contribution < 1.29 is 4.74 Å². The Balaban J connectivity index is 1.81. The lowest BCUT2D eigenvalue weighted by atomic mass is 10.1. The number of aromatic nitrogens is 4. The maximum absolute atomic E-state index is 12.2. The number of aromatic amines is 2. The van der Waals surface area contributed by atoms with Crippen molar-refractivity contribution in [2.75, 3.05) is 6.61 Å². The summed E-state index contributed by atoms with van der Waals surface area (Å²) in [7, 11) is 0. The minimum atomic E-state index is -0.393. The Morgan fingerprint density at radius 3 is 2.88 bits per heavy atom. The number of ether oxygens (including phenoxy) is 1. The van der Waals surface area contributed by atoms with E-state index in [0.29, 0.717) is 18.0 Å². The van der Waals surface area contributed by atoms with Gasteiger partial charge in [0.1, 0.15) is 5.75 Å². The molecule has 0 bridgehead atoms. The smallest absolute Gasteiger partial charge is 0.345 e. The van der Waals surface area contributed by atoms with Gasteiger partial charge in [-0.3, -0.25) is 5.10 Å². The predicted molar refractivity (Wildman–Crippen MR) is 101 cm³/mol. The summed E-state index contributed by atoms with van der Waals surface area (Å²) in [5.41, 5.74) is 3.53. The number of benzene rings is 2. The minimum absolute atomic E-state index is 0.393. The van der Waals surface area contributed by atoms with Gasteiger partial charge in [-0.05, 0) is 36.8 Å². The van der Waals surface area contributed by atoms with Crippen LogP contribution in [0.4, 0.5) is 0 Å². The lowest BCUT2D eigenvalue weighted by Gasteiger charge is -2.11. The van der Waals surface area contributed by atoms with E-state index in [1.54, 1.807) is 6.20 Å². The molecular formula is C20H18N4O2. The zero-order valence-electron chi connectivity index (χ0n) is 14.3. The molecule has 4 aromatic rings. The first-order valence-electron chi connectivity index (χ1n) is 8.51. The number of fused-ring (bicyclic) bond motifs is 1. The summed E-state index contributed by atoms with van der Waals surface area (Å²) < 4.78 is 5.82. The van der Waals surface area contributed by atoms with Crippen molar-refractivity contribution in [3.63, 3.8) is 0 Å². The highest BCUT2D eigenvalue weighted by molar-refractivity contribution is 5.84. The lowest BCUT2D eigenvalue weighted by Crippen LogP contribution is -2.12. The third-order valence-electron chi connectivity index (χ3n) is 4.12. The molecule has 4 rings (SSSR count). The number of hydrogen-bond acceptors (Lipinski definition) is 4. The van der Waals surface area contributed by atoms with E-state index in [9.17, 15) is 4.79 Å². The Kier molecular flexibility index (Phi) is 4.23. The van der Waals surface area contributed by atoms with Crippen LogP contribution in [0, 0.1) is 0 Å². The summed E-state index contributed by atoms with van der Waals surface area (Å²) in [6.07, 6.45) is 2.66. The SMILES string of the molecule is CCCOc1ccccc1-c1cc(-c2ccc3[nH]ncc3c2)nc(=O)[nH]1. The second kappa shape index (κ2) is 6.84. The quantitative estimate of drug-likeness (QED) is 0.576. The number of nitrogens with one attached hydrogen (secondary N) is 2. The number of H-pyrrole nitrogens is 2. The standard InChI is InChI=1S/C20H18N4O2/c1-2-9-26-19-6-4-3-5-15(19)18-11-17(22-20(25)23-18)13-7-8-16-14(10-13)12-21-24-16/h3-8,10-12H,2,9H2,1H3,(H,21,24)(H,22,23,25). The number of hydrogen-bond donors (Lipinski definition) is 2. The van der Waals surface area contributed by atoms with Crippen LogP contribution in [0.5, 0.6) is 5.75 Å². The normalized spacial score (nSPS) is 11.0. The third-order valence-corrected chi connectivity index (χ3v) is 4.12. The summed E-state index contributed by atoms with van der Waals surface area (Å²) in [6, 6.07) is 15.4. The molecule has 0 atom stereocenters. The number of nitrogens with zero attached hydrogens (tertiary/aromatic N) is 2. The van der Waals surface area contributed by atoms with Crippen LogP contribution >= 0.6 is 0 Å². The van der Waals surface area contributed by atoms with Crippen molar-refractivity contribution in [2.45, 2.75) is 13.3 Å². The van der Waals surface area contributed by atoms with E-state index in [2.05, 4.69) is 27.1 Å². The molecule has 130 valence electrons. The Morgan fingerprint density at radius 1 is 1.12 bits per heavy atom. The summed E-state index contributed by atoms with van der Waals surface area (Å²) in [5, 5.41) is 7.92. The summed E-state index contributed by atoms with van der Waals surface area (Å²) >= 11 is 0. The van der Waals surface area contributed by atoms with Crippen LogP contribution in [-0.4, -0.2) is 26.8 Å². The van der Waals surface area contributed by atoms with Gasteiger partial charge < -0.3 is 9.72 Å². The van der Waals surface area contributed by atoms with E-state index in [0.717, 1.165) is 34.2 Å². The van der Waals surface area contributed by atoms with Gasteiger partial charge in [0.2, 0.25) is 0 Å². The molecule has 0 aliphatic carbocycles. The topological polar surface area (TPSA) is 83.7 Å². The molecule has 0 radical (unpaired) electrons. The molecule has 2 heterocycles. The van der Waals surface area contributed by atoms with Gasteiger partial charge in [-0.1, -0.05) is 25.1 Å². The van der Waals surface area contributed by atoms with Crippen LogP contribution in [0.15, 0.2) is 59.5 Å². The van der Waals surface area contributed by atoms with Gasteiger partial charge in [-0.15, -0.1) is 0 Å². The first-order valence-corrected chi connectivity index (χ1v) is 8.51. The Hall–Kier alpha value is -3.41. The van der Waals surface area contributed by atoms with Crippen LogP contribution in [0.25, 0.3) is 33.4 Å². The molecule has 0 saturated carbocycles. The van der Waals surface area contributed by atoms with Crippen LogP contribution in [0.1, 0.15) is 13.3 Å². The second-order valence-electron chi connectivity index (χ2n) is 6.00. The molecule has 2 N–H and O–H groups in total. The first kappa shape index (κ1) is 16.1. The average Bonchev–Trinajstić information content (AvgIpc) is 3.14. The van der Waals surface area contributed by atoms with Crippen molar-refractivity contribution in [1.29, 1.82) is 0 Å². The largest absolute Gasteiger partial charge is 0.493 e. The monoisotopic (exact) mass is 346 g/mol. The Labute approximate surface area is 149 Å². The summed E-state index contributed by atoms with van der Waals surface area (Å²) in [6.45, 7) is 2.68. The number of rotatable bonds is 5. The van der Waals surface area contributed by atoms with Gasteiger partial charge in [0.25, 0.3) is 0 Å². The maximum atomic E-state index is 12.2. The molecule has 0 unspecified atom stereocenters. The van der Waals surface area contributed by atoms with Gasteiger partial charge in [-0.2, -0.15) is 10.1 Å². The van der Waals surface area contributed by atoms with Gasteiger partial charge in [0, 0.05) is 16.5 Å². The minimum Gasteiger partial charge on any atom is -0.493 e. The van der Waals surface area contributed by atoms with Crippen LogP contribution < -0.4 is 10.4 Å². The first-order chi connectivity index (χ1) is 12.7. The molecule has 6 heteroatoms. The van der Waals surface area contributed by atoms with Crippen molar-refractivity contribution in [1.82, 2.24) is 20.2 Å². The van der Waals surface area contributed by atoms with Gasteiger partial charge in [0.15, 0.2) is 0 Å². The maximum Gasteiger partial charge on any atom is 0.345 e. The molecule has 0 aliphatic rings. The van der Waals surface area contributed by atoms with Crippen molar-refractivity contribution in [2.24, 2.45) is 0 Å². The molecule has 2 aromatic carbocycles. The highest BCUT2D eigenvalue weighted by Gasteiger charge is 2.11. The molecule has 26 heavy (non-hydrogen) atoms. The van der Waals surface area contributed by atoms with Crippen molar-refractivity contribution in [3.05, 3.63) is 65.2 Å². The highest BCUT2D eigenvalue weighted by atomic mass is 16.5. The molecule has 0 amide bonds. The van der Waals surface area contributed by atoms with Crippen LogP contribution in [0.3, 0.4) is 0 Å². The molecule has 0 spiro atoms. The van der Waals surface area contributed by atoms with E-state index >= 15 is 0 Å². The van der Waals surface area contributed by atoms with E-state index < -0.39 is 5.69 Å². The molecule has 0 aliphatic heterocycles. The van der Waals surface area contributed by atoms with E-state index in [1.807, 2.05) is 48.5 Å². The zero-order valence-corrected chi connectivity index (χ0v) is 14.3. The zero-order chi connectivity index (χ0) is 17.9. The van der Waals surface area contributed by atoms with Crippen molar-refractivity contribution >= 4 is 10.9 Å². The van der Waals surface area contributed by atoms with Gasteiger partial charge in [0.05, 0.1) is 29.7 Å². The second-order valence-corrected chi connectivity index (χ2v) is 6.00. The third kappa shape index (κ3) is 3.09. The molecule has 2 aromatic heterocycles. The van der Waals surface area contributed by atoms with E-state index in [1.165, 1.54) is 0 Å². The van der Waals surface area contributed by atoms with Crippen molar-refractivity contribution in [3.8, 4) is 28.3 Å². The fourth-order valence-electron chi connectivity index (χ4n) is 2.88. The molecule has 6 nitrogen and oxygen atoms in total. The fraction of sp³-hybridized carbons (Fsp3) is 0.150. The molecular weight excluding hydrogens is 328 g/mol. The van der Waals surface area contributed by atoms with E-state index in [4.69, 9.17) is 4.74 Å². The molecule has 0 saturated heterocycles. The summed E-state index contributed by atoms with van der Waals surface area (Å²) in [4.78, 5) is 19.1.